The summed E-state index contributed by atoms with van der Waals surface area (Å²) in [7, 11) is 0. The largest absolute Gasteiger partial charge is 0.396 e. The molecule has 3 N–H and O–H groups in total. The fourth-order valence-electron chi connectivity index (χ4n) is 1.68. The van der Waals surface area contributed by atoms with Crippen LogP contribution in [0.25, 0.3) is 0 Å². The fraction of sp³-hybridized carbons (Fsp3) is 0.429. The van der Waals surface area contributed by atoms with Crippen LogP contribution in [-0.2, 0) is 0 Å². The number of ketones is 1. The van der Waals surface area contributed by atoms with Crippen molar-refractivity contribution in [2.75, 3.05) is 11.9 Å². The fourth-order valence-corrected chi connectivity index (χ4v) is 1.68. The highest BCUT2D eigenvalue weighted by Crippen LogP contribution is 2.10. The van der Waals surface area contributed by atoms with Gasteiger partial charge in [0.1, 0.15) is 0 Å². The minimum atomic E-state index is -0.309. The monoisotopic (exact) mass is 264 g/mol. The lowest BCUT2D eigenvalue weighted by molar-refractivity contribution is 0.101. The zero-order valence-electron chi connectivity index (χ0n) is 11.3. The van der Waals surface area contributed by atoms with Crippen molar-refractivity contribution in [1.29, 1.82) is 0 Å². The number of amides is 2. The lowest BCUT2D eigenvalue weighted by Crippen LogP contribution is -2.38. The second kappa shape index (κ2) is 7.53. The molecule has 0 aliphatic rings. The Morgan fingerprint density at radius 1 is 1.26 bits per heavy atom. The van der Waals surface area contributed by atoms with E-state index < -0.39 is 0 Å². The minimum absolute atomic E-state index is 0.00926. The molecule has 0 heterocycles. The number of nitrogens with one attached hydrogen (secondary N) is 2. The molecule has 1 aromatic rings. The number of anilines is 1. The average molecular weight is 264 g/mol. The van der Waals surface area contributed by atoms with Crippen LogP contribution in [0.3, 0.4) is 0 Å². The maximum Gasteiger partial charge on any atom is 0.319 e. The van der Waals surface area contributed by atoms with Crippen molar-refractivity contribution in [2.24, 2.45) is 0 Å². The third kappa shape index (κ3) is 5.09. The van der Waals surface area contributed by atoms with E-state index in [9.17, 15) is 9.59 Å². The number of carbonyl (C=O) groups excluding carboxylic acids is 2. The average Bonchev–Trinajstić information content (AvgIpc) is 2.38. The molecule has 19 heavy (non-hydrogen) atoms. The standard InChI is InChI=1S/C14H20N2O3/c1-3-12(8-9-17)15-14(19)16-13-6-4-11(5-7-13)10(2)18/h4-7,12,17H,3,8-9H2,1-2H3,(H2,15,16,19). The van der Waals surface area contributed by atoms with Crippen molar-refractivity contribution in [1.82, 2.24) is 5.32 Å². The molecule has 2 amide bonds. The minimum Gasteiger partial charge on any atom is -0.396 e. The highest BCUT2D eigenvalue weighted by Gasteiger charge is 2.09. The van der Waals surface area contributed by atoms with Gasteiger partial charge in [-0.3, -0.25) is 4.79 Å². The van der Waals surface area contributed by atoms with Crippen LogP contribution in [-0.4, -0.2) is 29.6 Å². The Bertz CT molecular complexity index is 429. The van der Waals surface area contributed by atoms with E-state index in [2.05, 4.69) is 10.6 Å². The Morgan fingerprint density at radius 2 is 1.89 bits per heavy atom. The van der Waals surface area contributed by atoms with Gasteiger partial charge in [0.25, 0.3) is 0 Å². The Hall–Kier alpha value is -1.88. The Balaban J connectivity index is 2.54. The predicted octanol–water partition coefficient (Wildman–Crippen LogP) is 2.17. The maximum atomic E-state index is 11.7. The summed E-state index contributed by atoms with van der Waals surface area (Å²) in [5, 5.41) is 14.3. The summed E-state index contributed by atoms with van der Waals surface area (Å²) >= 11 is 0. The molecule has 0 radical (unpaired) electrons. The molecule has 1 aromatic carbocycles. The van der Waals surface area contributed by atoms with Crippen LogP contribution in [0.1, 0.15) is 37.0 Å². The summed E-state index contributed by atoms with van der Waals surface area (Å²) in [6, 6.07) is 6.36. The van der Waals surface area contributed by atoms with Gasteiger partial charge in [0, 0.05) is 23.9 Å². The quantitative estimate of drug-likeness (QED) is 0.689. The van der Waals surface area contributed by atoms with Gasteiger partial charge >= 0.3 is 6.03 Å². The first-order valence-corrected chi connectivity index (χ1v) is 6.36. The number of rotatable bonds is 6. The smallest absolute Gasteiger partial charge is 0.319 e. The van der Waals surface area contributed by atoms with Crippen molar-refractivity contribution in [2.45, 2.75) is 32.7 Å². The molecule has 0 saturated carbocycles. The lowest BCUT2D eigenvalue weighted by Gasteiger charge is -2.16. The number of aliphatic hydroxyl groups excluding tert-OH is 1. The van der Waals surface area contributed by atoms with Gasteiger partial charge in [-0.15, -0.1) is 0 Å². The summed E-state index contributed by atoms with van der Waals surface area (Å²) in [6.07, 6.45) is 1.30. The Morgan fingerprint density at radius 3 is 2.37 bits per heavy atom. The van der Waals surface area contributed by atoms with Crippen LogP contribution >= 0.6 is 0 Å². The number of aliphatic hydroxyl groups is 1. The van der Waals surface area contributed by atoms with Gasteiger partial charge in [-0.25, -0.2) is 4.79 Å². The molecule has 0 saturated heterocycles. The van der Waals surface area contributed by atoms with Gasteiger partial charge in [0.05, 0.1) is 0 Å². The lowest BCUT2D eigenvalue weighted by atomic mass is 10.1. The molecular weight excluding hydrogens is 244 g/mol. The van der Waals surface area contributed by atoms with Gasteiger partial charge in [-0.1, -0.05) is 6.92 Å². The first kappa shape index (κ1) is 15.2. The molecule has 0 spiro atoms. The van der Waals surface area contributed by atoms with Crippen LogP contribution in [0.15, 0.2) is 24.3 Å². The van der Waals surface area contributed by atoms with Crippen molar-refractivity contribution in [3.05, 3.63) is 29.8 Å². The second-order valence-corrected chi connectivity index (χ2v) is 4.35. The van der Waals surface area contributed by atoms with Crippen molar-refractivity contribution in [3.8, 4) is 0 Å². The molecule has 0 aliphatic heterocycles. The van der Waals surface area contributed by atoms with Crippen molar-refractivity contribution < 1.29 is 14.7 Å². The van der Waals surface area contributed by atoms with Gasteiger partial charge in [0.15, 0.2) is 5.78 Å². The summed E-state index contributed by atoms with van der Waals surface area (Å²) in [5.74, 6) is -0.00926. The van der Waals surface area contributed by atoms with Gasteiger partial charge in [-0.05, 0) is 44.0 Å². The van der Waals surface area contributed by atoms with E-state index in [1.807, 2.05) is 6.92 Å². The molecule has 0 fully saturated rings. The highest BCUT2D eigenvalue weighted by atomic mass is 16.3. The van der Waals surface area contributed by atoms with Crippen LogP contribution in [0.5, 0.6) is 0 Å². The molecular formula is C14H20N2O3. The molecule has 0 aliphatic carbocycles. The van der Waals surface area contributed by atoms with E-state index in [-0.39, 0.29) is 24.5 Å². The predicted molar refractivity (Wildman–Crippen MR) is 74.4 cm³/mol. The number of Topliss-reactive ketones (excluding diaryl/α,β-unsaturated/α-hetero) is 1. The second-order valence-electron chi connectivity index (χ2n) is 4.35. The number of carbonyl (C=O) groups is 2. The third-order valence-corrected chi connectivity index (χ3v) is 2.85. The molecule has 1 atom stereocenters. The van der Waals surface area contributed by atoms with Crippen LogP contribution in [0.2, 0.25) is 0 Å². The molecule has 1 rings (SSSR count). The zero-order valence-corrected chi connectivity index (χ0v) is 11.3. The molecule has 5 nitrogen and oxygen atoms in total. The van der Waals surface area contributed by atoms with Crippen molar-refractivity contribution >= 4 is 17.5 Å². The van der Waals surface area contributed by atoms with E-state index in [1.165, 1.54) is 6.92 Å². The zero-order chi connectivity index (χ0) is 14.3. The Kier molecular flexibility index (Phi) is 6.02. The first-order valence-electron chi connectivity index (χ1n) is 6.36. The Labute approximate surface area is 113 Å². The SMILES string of the molecule is CCC(CCO)NC(=O)Nc1ccc(C(C)=O)cc1. The molecule has 0 bridgehead atoms. The van der Waals surface area contributed by atoms with Crippen LogP contribution < -0.4 is 10.6 Å². The van der Waals surface area contributed by atoms with Crippen LogP contribution in [0.4, 0.5) is 10.5 Å². The number of hydrogen-bond donors (Lipinski definition) is 3. The summed E-state index contributed by atoms with van der Waals surface area (Å²) in [5.41, 5.74) is 1.24. The maximum absolute atomic E-state index is 11.7. The molecule has 0 aromatic heterocycles. The molecule has 104 valence electrons. The van der Waals surface area contributed by atoms with E-state index in [1.54, 1.807) is 24.3 Å². The number of benzene rings is 1. The molecule has 5 heteroatoms. The van der Waals surface area contributed by atoms with Crippen LogP contribution in [0, 0.1) is 0 Å². The first-order chi connectivity index (χ1) is 9.06. The topological polar surface area (TPSA) is 78.4 Å². The highest BCUT2D eigenvalue weighted by molar-refractivity contribution is 5.95. The van der Waals surface area contributed by atoms with Gasteiger partial charge in [-0.2, -0.15) is 0 Å². The van der Waals surface area contributed by atoms with E-state index in [4.69, 9.17) is 5.11 Å². The number of urea groups is 1. The normalized spacial score (nSPS) is 11.7. The van der Waals surface area contributed by atoms with E-state index in [0.717, 1.165) is 6.42 Å². The summed E-state index contributed by atoms with van der Waals surface area (Å²) in [4.78, 5) is 22.8. The van der Waals surface area contributed by atoms with E-state index >= 15 is 0 Å². The van der Waals surface area contributed by atoms with Crippen molar-refractivity contribution in [3.63, 3.8) is 0 Å². The number of hydrogen-bond acceptors (Lipinski definition) is 3. The van der Waals surface area contributed by atoms with Gasteiger partial charge in [0.2, 0.25) is 0 Å². The third-order valence-electron chi connectivity index (χ3n) is 2.85. The van der Waals surface area contributed by atoms with Gasteiger partial charge < -0.3 is 15.7 Å². The molecule has 1 unspecified atom stereocenters. The summed E-state index contributed by atoms with van der Waals surface area (Å²) in [6.45, 7) is 3.49. The summed E-state index contributed by atoms with van der Waals surface area (Å²) < 4.78 is 0. The van der Waals surface area contributed by atoms with E-state index in [0.29, 0.717) is 17.7 Å².